The molecule has 7 nitrogen and oxygen atoms in total. The highest BCUT2D eigenvalue weighted by Gasteiger charge is 2.45. The third-order valence-electron chi connectivity index (χ3n) is 8.80. The summed E-state index contributed by atoms with van der Waals surface area (Å²) in [7, 11) is 1.42. The summed E-state index contributed by atoms with van der Waals surface area (Å²) in [6.45, 7) is 15.1. The van der Waals surface area contributed by atoms with E-state index >= 15 is 0 Å². The Balaban J connectivity index is 0.00000226. The van der Waals surface area contributed by atoms with Gasteiger partial charge >= 0.3 is 5.97 Å². The van der Waals surface area contributed by atoms with Gasteiger partial charge in [0, 0.05) is 15.8 Å². The van der Waals surface area contributed by atoms with Crippen LogP contribution in [0.2, 0.25) is 10.0 Å². The van der Waals surface area contributed by atoms with E-state index in [-0.39, 0.29) is 29.8 Å². The minimum absolute atomic E-state index is 0.153. The number of aliphatic imine (C=N–C) groups is 1. The summed E-state index contributed by atoms with van der Waals surface area (Å²) in [5, 5.41) is 1.12. The van der Waals surface area contributed by atoms with Gasteiger partial charge in [0.15, 0.2) is 0 Å². The summed E-state index contributed by atoms with van der Waals surface area (Å²) >= 11 is 12.7. The van der Waals surface area contributed by atoms with E-state index in [0.29, 0.717) is 28.3 Å². The van der Waals surface area contributed by atoms with E-state index in [1.165, 1.54) is 7.11 Å². The van der Waals surface area contributed by atoms with Gasteiger partial charge in [-0.25, -0.2) is 0 Å². The van der Waals surface area contributed by atoms with E-state index in [4.69, 9.17) is 37.7 Å². The fourth-order valence-electron chi connectivity index (χ4n) is 6.35. The van der Waals surface area contributed by atoms with Gasteiger partial charge in [-0.1, -0.05) is 89.0 Å². The molecular weight excluding hydrogens is 609 g/mol. The zero-order valence-corrected chi connectivity index (χ0v) is 29.6. The Bertz CT molecular complexity index is 1280. The number of halogens is 2. The number of rotatable bonds is 11. The van der Waals surface area contributed by atoms with Gasteiger partial charge in [-0.15, -0.1) is 0 Å². The average Bonchev–Trinajstić information content (AvgIpc) is 2.96. The first kappa shape index (κ1) is 38.3. The summed E-state index contributed by atoms with van der Waals surface area (Å²) in [5.74, 6) is 0.467. The van der Waals surface area contributed by atoms with Crippen LogP contribution in [0.1, 0.15) is 103 Å². The van der Waals surface area contributed by atoms with Crippen molar-refractivity contribution >= 4 is 47.7 Å². The molecule has 9 heteroatoms. The molecule has 45 heavy (non-hydrogen) atoms. The minimum atomic E-state index is -0.694. The van der Waals surface area contributed by atoms with Crippen LogP contribution in [0.4, 0.5) is 0 Å². The van der Waals surface area contributed by atoms with Gasteiger partial charge in [0.05, 0.1) is 19.1 Å². The maximum absolute atomic E-state index is 13.2. The first-order valence-electron chi connectivity index (χ1n) is 15.7. The molecule has 0 aliphatic heterocycles. The zero-order valence-electron chi connectivity index (χ0n) is 28.1. The Morgan fingerprint density at radius 2 is 1.60 bits per heavy atom. The molecule has 1 saturated carbocycles. The molecule has 0 bridgehead atoms. The van der Waals surface area contributed by atoms with Gasteiger partial charge in [-0.05, 0) is 97.6 Å². The highest BCUT2D eigenvalue weighted by molar-refractivity contribution is 6.35. The number of carbonyl (C=O) groups excluding carboxylic acids is 3. The molecule has 0 radical (unpaired) electrons. The van der Waals surface area contributed by atoms with E-state index in [1.807, 2.05) is 30.9 Å². The third-order valence-corrected chi connectivity index (χ3v) is 9.24. The molecule has 0 heterocycles. The normalized spacial score (nSPS) is 20.0. The second kappa shape index (κ2) is 17.1. The third kappa shape index (κ3) is 10.8. The van der Waals surface area contributed by atoms with Crippen LogP contribution >= 0.6 is 23.2 Å². The summed E-state index contributed by atoms with van der Waals surface area (Å²) in [4.78, 5) is 41.1. The molecule has 3 rings (SSSR count). The Morgan fingerprint density at radius 3 is 2.04 bits per heavy atom. The van der Waals surface area contributed by atoms with Crippen molar-refractivity contribution in [3.05, 3.63) is 69.2 Å². The lowest BCUT2D eigenvalue weighted by Gasteiger charge is -2.49. The number of nitrogens with two attached hydrogens (primary N) is 1. The summed E-state index contributed by atoms with van der Waals surface area (Å²) < 4.78 is 4.91. The van der Waals surface area contributed by atoms with Gasteiger partial charge in [-0.3, -0.25) is 19.4 Å². The van der Waals surface area contributed by atoms with E-state index in [9.17, 15) is 9.59 Å². The van der Waals surface area contributed by atoms with Crippen LogP contribution in [0.5, 0.6) is 0 Å². The van der Waals surface area contributed by atoms with Crippen molar-refractivity contribution in [3.8, 4) is 0 Å². The van der Waals surface area contributed by atoms with Crippen LogP contribution in [0.25, 0.3) is 0 Å². The highest BCUT2D eigenvalue weighted by atomic mass is 35.5. The van der Waals surface area contributed by atoms with Crippen LogP contribution in [-0.4, -0.2) is 42.2 Å². The van der Waals surface area contributed by atoms with Crippen LogP contribution in [0.3, 0.4) is 0 Å². The smallest absolute Gasteiger partial charge is 0.308 e. The van der Waals surface area contributed by atoms with Crippen LogP contribution in [0, 0.1) is 23.2 Å². The Morgan fingerprint density at radius 1 is 1.07 bits per heavy atom. The molecule has 1 aliphatic carbocycles. The van der Waals surface area contributed by atoms with Crippen LogP contribution in [-0.2, 0) is 25.5 Å². The van der Waals surface area contributed by atoms with Gasteiger partial charge in [0.2, 0.25) is 12.8 Å². The van der Waals surface area contributed by atoms with E-state index in [1.54, 1.807) is 6.07 Å². The largest absolute Gasteiger partial charge is 0.469 e. The lowest BCUT2D eigenvalue weighted by Crippen LogP contribution is -2.52. The SMILES string of the molecule is COC(=O)C(C)Cc1ccc(C(CC(C)C)N(C=O)C2(/N=C(\C)c3cc(Cl)cc(Cl)c3)CCC(C(C)(C)C)CC2)cc1.NC=O. The first-order chi connectivity index (χ1) is 21.1. The molecule has 1 aliphatic rings. The number of hydrogen-bond donors (Lipinski definition) is 1. The van der Waals surface area contributed by atoms with Crippen molar-refractivity contribution in [1.82, 2.24) is 4.90 Å². The Kier molecular flexibility index (Phi) is 14.6. The fraction of sp³-hybridized carbons (Fsp3) is 0.556. The van der Waals surface area contributed by atoms with Crippen molar-refractivity contribution in [2.45, 2.75) is 98.7 Å². The predicted molar refractivity (Wildman–Crippen MR) is 184 cm³/mol. The zero-order chi connectivity index (χ0) is 33.9. The second-order valence-electron chi connectivity index (χ2n) is 13.6. The number of primary amides is 1. The summed E-state index contributed by atoms with van der Waals surface area (Å²) in [6, 6.07) is 13.7. The number of ether oxygens (including phenoxy) is 1. The number of carbonyl (C=O) groups is 3. The molecule has 2 N–H and O–H groups in total. The van der Waals surface area contributed by atoms with Crippen LogP contribution < -0.4 is 5.73 Å². The number of methoxy groups -OCH3 is 1. The molecular formula is C36H51Cl2N3O4. The Hall–Kier alpha value is -2.90. The second-order valence-corrected chi connectivity index (χ2v) is 14.5. The van der Waals surface area contributed by atoms with E-state index in [0.717, 1.165) is 60.9 Å². The number of benzene rings is 2. The molecule has 0 saturated heterocycles. The first-order valence-corrected chi connectivity index (χ1v) is 16.4. The van der Waals surface area contributed by atoms with Crippen molar-refractivity contribution in [2.24, 2.45) is 33.9 Å². The Labute approximate surface area is 279 Å². The van der Waals surface area contributed by atoms with Gasteiger partial charge in [-0.2, -0.15) is 0 Å². The van der Waals surface area contributed by atoms with Crippen molar-refractivity contribution < 1.29 is 19.1 Å². The quantitative estimate of drug-likeness (QED) is 0.149. The van der Waals surface area contributed by atoms with Gasteiger partial charge in [0.25, 0.3) is 0 Å². The van der Waals surface area contributed by atoms with Crippen molar-refractivity contribution in [3.63, 3.8) is 0 Å². The van der Waals surface area contributed by atoms with Crippen LogP contribution in [0.15, 0.2) is 47.5 Å². The molecule has 2 atom stereocenters. The molecule has 1 fully saturated rings. The predicted octanol–water partition coefficient (Wildman–Crippen LogP) is 8.43. The number of nitrogens with zero attached hydrogens (tertiary/aromatic N) is 2. The molecule has 2 unspecified atom stereocenters. The maximum Gasteiger partial charge on any atom is 0.308 e. The fourth-order valence-corrected chi connectivity index (χ4v) is 6.87. The van der Waals surface area contributed by atoms with Gasteiger partial charge in [0.1, 0.15) is 5.66 Å². The van der Waals surface area contributed by atoms with Crippen molar-refractivity contribution in [2.75, 3.05) is 7.11 Å². The standard InChI is InChI=1S/C35H48Cl2N2O3.CH3NO/c1-23(2)17-32(27-11-9-26(10-12-27)18-24(3)33(41)42-8)39(22-40)35(15-13-29(14-16-35)34(5,6)7)38-25(4)28-19-30(36)21-31(37)20-28;2-1-3/h9-12,19-24,29,32H,13-18H2,1-8H3;1H,(H2,2,3)/b38-25+;. The lowest BCUT2D eigenvalue weighted by molar-refractivity contribution is -0.144. The number of esters is 1. The average molecular weight is 661 g/mol. The molecule has 2 aromatic rings. The molecule has 0 aromatic heterocycles. The summed E-state index contributed by atoms with van der Waals surface area (Å²) in [5.41, 5.74) is 7.47. The minimum Gasteiger partial charge on any atom is -0.469 e. The lowest BCUT2D eigenvalue weighted by atomic mass is 9.69. The molecule has 2 amide bonds. The van der Waals surface area contributed by atoms with E-state index in [2.05, 4.69) is 64.6 Å². The monoisotopic (exact) mass is 659 g/mol. The summed E-state index contributed by atoms with van der Waals surface area (Å²) in [6.07, 6.45) is 6.20. The van der Waals surface area contributed by atoms with Gasteiger partial charge < -0.3 is 15.4 Å². The maximum atomic E-state index is 13.2. The molecule has 0 spiro atoms. The topological polar surface area (TPSA) is 102 Å². The molecule has 2 aromatic carbocycles. The number of amides is 2. The highest BCUT2D eigenvalue weighted by Crippen LogP contribution is 2.47. The van der Waals surface area contributed by atoms with E-state index < -0.39 is 5.66 Å². The van der Waals surface area contributed by atoms with Crippen molar-refractivity contribution in [1.29, 1.82) is 0 Å². The number of hydrogen-bond acceptors (Lipinski definition) is 5. The molecule has 248 valence electrons.